The fourth-order valence-corrected chi connectivity index (χ4v) is 4.29. The predicted molar refractivity (Wildman–Crippen MR) is 118 cm³/mol. The van der Waals surface area contributed by atoms with E-state index in [1.54, 1.807) is 11.8 Å². The summed E-state index contributed by atoms with van der Waals surface area (Å²) in [5.41, 5.74) is 2.98. The van der Waals surface area contributed by atoms with Crippen LogP contribution in [0.15, 0.2) is 54.6 Å². The predicted octanol–water partition coefficient (Wildman–Crippen LogP) is 4.44. The topological polar surface area (TPSA) is 104 Å². The molecule has 1 amide bonds. The zero-order chi connectivity index (χ0) is 22.5. The van der Waals surface area contributed by atoms with Crippen LogP contribution in [0.5, 0.6) is 5.75 Å². The van der Waals surface area contributed by atoms with Crippen molar-refractivity contribution in [3.8, 4) is 16.2 Å². The number of carboxylic acid groups (broad SMARTS) is 2. The Morgan fingerprint density at radius 2 is 1.74 bits per heavy atom. The van der Waals surface area contributed by atoms with Crippen LogP contribution in [0.1, 0.15) is 27.7 Å². The van der Waals surface area contributed by atoms with Crippen molar-refractivity contribution in [2.24, 2.45) is 0 Å². The van der Waals surface area contributed by atoms with Gasteiger partial charge in [0.25, 0.3) is 0 Å². The third kappa shape index (κ3) is 5.10. The molecule has 0 aliphatic heterocycles. The summed E-state index contributed by atoms with van der Waals surface area (Å²) in [7, 11) is 0. The summed E-state index contributed by atoms with van der Waals surface area (Å²) >= 11 is 1.03. The molecular weight excluding hydrogens is 418 g/mol. The van der Waals surface area contributed by atoms with Gasteiger partial charge in [-0.3, -0.25) is 4.79 Å². The minimum atomic E-state index is -1.18. The molecule has 1 heterocycles. The third-order valence-corrected chi connectivity index (χ3v) is 5.91. The number of ether oxygens (including phenoxy) is 1. The van der Waals surface area contributed by atoms with E-state index >= 15 is 0 Å². The number of benzene rings is 2. The Bertz CT molecular complexity index is 1120. The zero-order valence-corrected chi connectivity index (χ0v) is 17.8. The van der Waals surface area contributed by atoms with E-state index < -0.39 is 18.5 Å². The van der Waals surface area contributed by atoms with E-state index in [2.05, 4.69) is 0 Å². The van der Waals surface area contributed by atoms with Crippen LogP contribution in [0.2, 0.25) is 0 Å². The lowest BCUT2D eigenvalue weighted by molar-refractivity contribution is -0.139. The number of carbonyl (C=O) groups excluding carboxylic acids is 1. The number of nitrogens with zero attached hydrogens (tertiary/aromatic N) is 1. The molecule has 3 aromatic rings. The lowest BCUT2D eigenvalue weighted by Crippen LogP contribution is -2.27. The van der Waals surface area contributed by atoms with Crippen molar-refractivity contribution in [1.82, 2.24) is 0 Å². The fourth-order valence-electron chi connectivity index (χ4n) is 3.21. The minimum Gasteiger partial charge on any atom is -0.480 e. The maximum Gasteiger partial charge on any atom is 0.349 e. The van der Waals surface area contributed by atoms with Crippen LogP contribution in [-0.4, -0.2) is 34.7 Å². The van der Waals surface area contributed by atoms with E-state index in [1.807, 2.05) is 54.6 Å². The molecule has 0 fully saturated rings. The van der Waals surface area contributed by atoms with Gasteiger partial charge in [0.15, 0.2) is 11.5 Å². The summed E-state index contributed by atoms with van der Waals surface area (Å²) in [6, 6.07) is 16.8. The molecule has 0 atom stereocenters. The molecule has 2 aromatic carbocycles. The van der Waals surface area contributed by atoms with Gasteiger partial charge in [0.05, 0.1) is 6.54 Å². The number of anilines is 1. The fraction of sp³-hybridized carbons (Fsp3) is 0.174. The van der Waals surface area contributed by atoms with Crippen molar-refractivity contribution in [3.05, 3.63) is 70.6 Å². The monoisotopic (exact) mass is 439 g/mol. The van der Waals surface area contributed by atoms with Crippen molar-refractivity contribution in [2.75, 3.05) is 11.5 Å². The Balaban J connectivity index is 1.96. The second kappa shape index (κ2) is 9.44. The van der Waals surface area contributed by atoms with Crippen LogP contribution >= 0.6 is 11.3 Å². The highest BCUT2D eigenvalue weighted by molar-refractivity contribution is 7.18. The highest BCUT2D eigenvalue weighted by Crippen LogP contribution is 2.41. The molecule has 7 nitrogen and oxygen atoms in total. The maximum absolute atomic E-state index is 12.2. The maximum atomic E-state index is 12.2. The molecule has 3 rings (SSSR count). The first kappa shape index (κ1) is 22.0. The molecule has 1 aromatic heterocycles. The highest BCUT2D eigenvalue weighted by Gasteiger charge is 2.23. The van der Waals surface area contributed by atoms with Crippen LogP contribution < -0.4 is 9.64 Å². The zero-order valence-electron chi connectivity index (χ0n) is 17.0. The summed E-state index contributed by atoms with van der Waals surface area (Å²) in [5, 5.41) is 18.4. The average Bonchev–Trinajstić information content (AvgIpc) is 3.07. The number of thiophene rings is 1. The second-order valence-corrected chi connectivity index (χ2v) is 7.86. The highest BCUT2D eigenvalue weighted by atomic mass is 32.1. The number of para-hydroxylation sites is 1. The molecule has 0 bridgehead atoms. The first-order valence-corrected chi connectivity index (χ1v) is 10.2. The van der Waals surface area contributed by atoms with Gasteiger partial charge in [0.1, 0.15) is 5.75 Å². The number of hydrogen-bond acceptors (Lipinski definition) is 5. The van der Waals surface area contributed by atoms with E-state index in [0.29, 0.717) is 17.0 Å². The number of carbonyl (C=O) groups is 3. The second-order valence-electron chi connectivity index (χ2n) is 6.84. The molecule has 31 heavy (non-hydrogen) atoms. The molecule has 0 radical (unpaired) electrons. The van der Waals surface area contributed by atoms with Gasteiger partial charge in [0, 0.05) is 23.1 Å². The van der Waals surface area contributed by atoms with Gasteiger partial charge in [-0.05, 0) is 36.2 Å². The molecular formula is C23H21NO6S. The Morgan fingerprint density at radius 3 is 2.35 bits per heavy atom. The quantitative estimate of drug-likeness (QED) is 0.538. The van der Waals surface area contributed by atoms with Crippen LogP contribution in [0.3, 0.4) is 0 Å². The molecule has 8 heteroatoms. The molecule has 0 saturated carbocycles. The summed E-state index contributed by atoms with van der Waals surface area (Å²) in [4.78, 5) is 37.0. The number of carboxylic acids is 2. The number of aromatic carboxylic acids is 1. The standard InChI is InChI=1S/C23H21NO6S/c1-14-20(30-13-19(26)27)22(23(28)29)31-21(14)17-8-6-7-16(11-17)12-24(15(2)25)18-9-4-3-5-10-18/h3-11H,12-13H2,1-2H3,(H,26,27)(H,28,29). The number of aliphatic carboxylic acids is 1. The summed E-state index contributed by atoms with van der Waals surface area (Å²) in [5.74, 6) is -2.39. The van der Waals surface area contributed by atoms with Gasteiger partial charge in [-0.15, -0.1) is 11.3 Å². The Labute approximate surface area is 183 Å². The van der Waals surface area contributed by atoms with Crippen molar-refractivity contribution in [3.63, 3.8) is 0 Å². The van der Waals surface area contributed by atoms with Crippen LogP contribution in [-0.2, 0) is 16.1 Å². The summed E-state index contributed by atoms with van der Waals surface area (Å²) in [6.07, 6.45) is 0. The van der Waals surface area contributed by atoms with E-state index in [9.17, 15) is 19.5 Å². The van der Waals surface area contributed by atoms with Crippen molar-refractivity contribution >= 4 is 34.9 Å². The SMILES string of the molecule is CC(=O)N(Cc1cccc(-c2sc(C(=O)O)c(OCC(=O)O)c2C)c1)c1ccccc1. The summed E-state index contributed by atoms with van der Waals surface area (Å²) < 4.78 is 5.25. The minimum absolute atomic E-state index is 0.0474. The van der Waals surface area contributed by atoms with Gasteiger partial charge in [-0.1, -0.05) is 36.4 Å². The van der Waals surface area contributed by atoms with Crippen LogP contribution in [0.4, 0.5) is 5.69 Å². The van der Waals surface area contributed by atoms with E-state index in [0.717, 1.165) is 28.2 Å². The van der Waals surface area contributed by atoms with Gasteiger partial charge < -0.3 is 19.8 Å². The molecule has 160 valence electrons. The largest absolute Gasteiger partial charge is 0.480 e. The Hall–Kier alpha value is -3.65. The normalized spacial score (nSPS) is 10.5. The molecule has 0 aliphatic rings. The van der Waals surface area contributed by atoms with Crippen molar-refractivity contribution in [1.29, 1.82) is 0 Å². The van der Waals surface area contributed by atoms with Crippen molar-refractivity contribution in [2.45, 2.75) is 20.4 Å². The number of hydrogen-bond donors (Lipinski definition) is 2. The number of amides is 1. The third-order valence-electron chi connectivity index (χ3n) is 4.60. The Kier molecular flexibility index (Phi) is 6.71. The lowest BCUT2D eigenvalue weighted by atomic mass is 10.1. The van der Waals surface area contributed by atoms with Crippen molar-refractivity contribution < 1.29 is 29.3 Å². The average molecular weight is 439 g/mol. The molecule has 0 saturated heterocycles. The van der Waals surface area contributed by atoms with Crippen LogP contribution in [0, 0.1) is 6.92 Å². The van der Waals surface area contributed by atoms with E-state index in [-0.39, 0.29) is 16.5 Å². The lowest BCUT2D eigenvalue weighted by Gasteiger charge is -2.21. The molecule has 0 aliphatic carbocycles. The van der Waals surface area contributed by atoms with Gasteiger partial charge >= 0.3 is 11.9 Å². The molecule has 0 spiro atoms. The van der Waals surface area contributed by atoms with Crippen LogP contribution in [0.25, 0.3) is 10.4 Å². The Morgan fingerprint density at radius 1 is 1.03 bits per heavy atom. The molecule has 2 N–H and O–H groups in total. The molecule has 0 unspecified atom stereocenters. The van der Waals surface area contributed by atoms with Gasteiger partial charge in [-0.25, -0.2) is 9.59 Å². The summed E-state index contributed by atoms with van der Waals surface area (Å²) in [6.45, 7) is 2.94. The number of rotatable bonds is 8. The van der Waals surface area contributed by atoms with E-state index in [1.165, 1.54) is 6.92 Å². The smallest absolute Gasteiger partial charge is 0.349 e. The van der Waals surface area contributed by atoms with Gasteiger partial charge in [-0.2, -0.15) is 0 Å². The van der Waals surface area contributed by atoms with E-state index in [4.69, 9.17) is 9.84 Å². The van der Waals surface area contributed by atoms with Gasteiger partial charge in [0.2, 0.25) is 5.91 Å². The first-order chi connectivity index (χ1) is 14.8. The first-order valence-electron chi connectivity index (χ1n) is 9.41.